The molecule has 1 atom stereocenters. The summed E-state index contributed by atoms with van der Waals surface area (Å²) in [6.45, 7) is 10.2. The largest absolute Gasteiger partial charge is 0.463 e. The molecule has 134 valence electrons. The number of rotatable bonds is 7. The minimum Gasteiger partial charge on any atom is -0.463 e. The van der Waals surface area contributed by atoms with E-state index >= 15 is 0 Å². The Morgan fingerprint density at radius 1 is 1.08 bits per heavy atom. The molecule has 1 aromatic carbocycles. The molecule has 0 saturated heterocycles. The molecule has 5 nitrogen and oxygen atoms in total. The van der Waals surface area contributed by atoms with Gasteiger partial charge in [-0.25, -0.2) is 4.79 Å². The summed E-state index contributed by atoms with van der Waals surface area (Å²) in [4.78, 5) is 23.7. The number of hydrogen-bond acceptors (Lipinski definition) is 4. The number of carbonyl (C=O) groups excluding carboxylic acids is 2. The monoisotopic (exact) mass is 335 g/mol. The quantitative estimate of drug-likeness (QED) is 0.767. The summed E-state index contributed by atoms with van der Waals surface area (Å²) in [5.41, 5.74) is 0.660. The van der Waals surface area contributed by atoms with Gasteiger partial charge < -0.3 is 14.8 Å². The van der Waals surface area contributed by atoms with Crippen molar-refractivity contribution in [2.24, 2.45) is 11.3 Å². The van der Waals surface area contributed by atoms with Crippen LogP contribution in [0.2, 0.25) is 0 Å². The van der Waals surface area contributed by atoms with Crippen LogP contribution in [0.5, 0.6) is 0 Å². The molecule has 1 amide bonds. The zero-order valence-electron chi connectivity index (χ0n) is 15.3. The first-order valence-corrected chi connectivity index (χ1v) is 8.31. The fraction of sp³-hybridized carbons (Fsp3) is 0.579. The molecule has 1 aromatic rings. The van der Waals surface area contributed by atoms with Gasteiger partial charge in [0.15, 0.2) is 0 Å². The van der Waals surface area contributed by atoms with Crippen molar-refractivity contribution in [2.75, 3.05) is 6.61 Å². The van der Waals surface area contributed by atoms with Gasteiger partial charge in [0.25, 0.3) is 0 Å². The van der Waals surface area contributed by atoms with E-state index in [1.54, 1.807) is 0 Å². The highest BCUT2D eigenvalue weighted by Gasteiger charge is 2.28. The molecular formula is C19H29NO4. The van der Waals surface area contributed by atoms with Crippen LogP contribution in [0.25, 0.3) is 0 Å². The van der Waals surface area contributed by atoms with Gasteiger partial charge in [0.2, 0.25) is 0 Å². The molecule has 0 unspecified atom stereocenters. The Bertz CT molecular complexity index is 520. The number of ether oxygens (including phenoxy) is 2. The number of nitrogens with one attached hydrogen (secondary N) is 1. The lowest BCUT2D eigenvalue weighted by atomic mass is 9.87. The fourth-order valence-electron chi connectivity index (χ4n) is 1.98. The van der Waals surface area contributed by atoms with Crippen LogP contribution in [0.1, 0.15) is 46.6 Å². The van der Waals surface area contributed by atoms with Gasteiger partial charge in [-0.05, 0) is 16.9 Å². The molecule has 0 heterocycles. The van der Waals surface area contributed by atoms with Crippen molar-refractivity contribution in [3.8, 4) is 0 Å². The number of hydrogen-bond donors (Lipinski definition) is 1. The summed E-state index contributed by atoms with van der Waals surface area (Å²) in [5, 5.41) is 2.80. The third-order valence-electron chi connectivity index (χ3n) is 3.54. The first-order valence-electron chi connectivity index (χ1n) is 8.31. The molecule has 24 heavy (non-hydrogen) atoms. The molecule has 0 aliphatic carbocycles. The molecule has 0 bridgehead atoms. The zero-order valence-corrected chi connectivity index (χ0v) is 15.3. The van der Waals surface area contributed by atoms with Gasteiger partial charge >= 0.3 is 12.1 Å². The molecule has 0 aromatic heterocycles. The third kappa shape index (κ3) is 7.99. The Hall–Kier alpha value is -2.04. The SMILES string of the molecule is CC(C)CC(=O)OC[C@H](NC(=O)OCc1ccccc1)C(C)(C)C. The Morgan fingerprint density at radius 3 is 2.25 bits per heavy atom. The van der Waals surface area contributed by atoms with Gasteiger partial charge in [-0.1, -0.05) is 65.0 Å². The van der Waals surface area contributed by atoms with Crippen LogP contribution in [-0.4, -0.2) is 24.7 Å². The van der Waals surface area contributed by atoms with E-state index in [-0.39, 0.29) is 36.6 Å². The zero-order chi connectivity index (χ0) is 18.2. The third-order valence-corrected chi connectivity index (χ3v) is 3.54. The summed E-state index contributed by atoms with van der Waals surface area (Å²) in [6, 6.07) is 9.15. The molecule has 1 N–H and O–H groups in total. The summed E-state index contributed by atoms with van der Waals surface area (Å²) < 4.78 is 10.5. The summed E-state index contributed by atoms with van der Waals surface area (Å²) in [5.74, 6) is -0.00640. The molecule has 0 radical (unpaired) electrons. The lowest BCUT2D eigenvalue weighted by Gasteiger charge is -2.30. The van der Waals surface area contributed by atoms with Crippen molar-refractivity contribution < 1.29 is 19.1 Å². The van der Waals surface area contributed by atoms with E-state index in [4.69, 9.17) is 9.47 Å². The van der Waals surface area contributed by atoms with Crippen molar-refractivity contribution in [1.82, 2.24) is 5.32 Å². The Morgan fingerprint density at radius 2 is 1.71 bits per heavy atom. The first kappa shape index (κ1) is 20.0. The van der Waals surface area contributed by atoms with E-state index < -0.39 is 6.09 Å². The predicted octanol–water partition coefficient (Wildman–Crippen LogP) is 3.92. The summed E-state index contributed by atoms with van der Waals surface area (Å²) >= 11 is 0. The second kappa shape index (κ2) is 9.30. The molecule has 1 rings (SSSR count). The average Bonchev–Trinajstić information content (AvgIpc) is 2.48. The molecular weight excluding hydrogens is 306 g/mol. The van der Waals surface area contributed by atoms with Crippen molar-refractivity contribution in [3.63, 3.8) is 0 Å². The Labute approximate surface area is 144 Å². The maximum Gasteiger partial charge on any atom is 0.407 e. The van der Waals surface area contributed by atoms with E-state index in [1.807, 2.05) is 65.0 Å². The van der Waals surface area contributed by atoms with Gasteiger partial charge in [-0.3, -0.25) is 4.79 Å². The summed E-state index contributed by atoms with van der Waals surface area (Å²) in [6.07, 6.45) is -0.145. The molecule has 5 heteroatoms. The second-order valence-corrected chi connectivity index (χ2v) is 7.41. The van der Waals surface area contributed by atoms with Crippen LogP contribution < -0.4 is 5.32 Å². The normalized spacial score (nSPS) is 12.6. The number of benzene rings is 1. The van der Waals surface area contributed by atoms with E-state index in [0.717, 1.165) is 5.56 Å². The minimum absolute atomic E-state index is 0.134. The van der Waals surface area contributed by atoms with Gasteiger partial charge in [-0.15, -0.1) is 0 Å². The van der Waals surface area contributed by atoms with Crippen LogP contribution >= 0.6 is 0 Å². The van der Waals surface area contributed by atoms with Crippen molar-refractivity contribution in [3.05, 3.63) is 35.9 Å². The van der Waals surface area contributed by atoms with Crippen LogP contribution in [0, 0.1) is 11.3 Å². The molecule has 0 aliphatic heterocycles. The topological polar surface area (TPSA) is 64.6 Å². The summed E-state index contributed by atoms with van der Waals surface area (Å²) in [7, 11) is 0. The van der Waals surface area contributed by atoms with Crippen molar-refractivity contribution in [2.45, 2.75) is 53.7 Å². The average molecular weight is 335 g/mol. The standard InChI is InChI=1S/C19H29NO4/c1-14(2)11-17(21)23-13-16(19(3,4)5)20-18(22)24-12-15-9-7-6-8-10-15/h6-10,14,16H,11-13H2,1-5H3,(H,20,22)/t16-/m0/s1. The number of alkyl carbamates (subject to hydrolysis) is 1. The number of amides is 1. The van der Waals surface area contributed by atoms with Crippen LogP contribution in [0.15, 0.2) is 30.3 Å². The molecule has 0 spiro atoms. The van der Waals surface area contributed by atoms with E-state index in [1.165, 1.54) is 0 Å². The number of esters is 1. The van der Waals surface area contributed by atoms with Crippen molar-refractivity contribution >= 4 is 12.1 Å². The highest BCUT2D eigenvalue weighted by molar-refractivity contribution is 5.70. The van der Waals surface area contributed by atoms with Gasteiger partial charge in [0.05, 0.1) is 6.04 Å². The molecule has 0 fully saturated rings. The fourth-order valence-corrected chi connectivity index (χ4v) is 1.98. The highest BCUT2D eigenvalue weighted by atomic mass is 16.6. The van der Waals surface area contributed by atoms with E-state index in [0.29, 0.717) is 6.42 Å². The Balaban J connectivity index is 2.50. The second-order valence-electron chi connectivity index (χ2n) is 7.41. The first-order chi connectivity index (χ1) is 11.2. The Kier molecular flexibility index (Phi) is 7.75. The lowest BCUT2D eigenvalue weighted by Crippen LogP contribution is -2.47. The number of carbonyl (C=O) groups is 2. The maximum atomic E-state index is 12.0. The van der Waals surface area contributed by atoms with Gasteiger partial charge in [0, 0.05) is 6.42 Å². The minimum atomic E-state index is -0.515. The molecule has 0 aliphatic rings. The predicted molar refractivity (Wildman–Crippen MR) is 93.4 cm³/mol. The van der Waals surface area contributed by atoms with Gasteiger partial charge in [-0.2, -0.15) is 0 Å². The smallest absolute Gasteiger partial charge is 0.407 e. The van der Waals surface area contributed by atoms with Crippen LogP contribution in [0.4, 0.5) is 4.79 Å². The lowest BCUT2D eigenvalue weighted by molar-refractivity contribution is -0.146. The van der Waals surface area contributed by atoms with Crippen LogP contribution in [0.3, 0.4) is 0 Å². The highest BCUT2D eigenvalue weighted by Crippen LogP contribution is 2.20. The maximum absolute atomic E-state index is 12.0. The molecule has 0 saturated carbocycles. The van der Waals surface area contributed by atoms with Crippen molar-refractivity contribution in [1.29, 1.82) is 0 Å². The van der Waals surface area contributed by atoms with Crippen LogP contribution in [-0.2, 0) is 20.9 Å². The van der Waals surface area contributed by atoms with E-state index in [2.05, 4.69) is 5.32 Å². The van der Waals surface area contributed by atoms with E-state index in [9.17, 15) is 9.59 Å². The van der Waals surface area contributed by atoms with Gasteiger partial charge in [0.1, 0.15) is 13.2 Å².